The number of carbonyl (C=O) groups excluding carboxylic acids is 3. The van der Waals surface area contributed by atoms with Gasteiger partial charge in [-0.1, -0.05) is 63.0 Å². The number of unbranched alkanes of at least 4 members (excludes halogenated alkanes) is 4. The number of pyridine rings is 1. The molecule has 0 radical (unpaired) electrons. The fourth-order valence-electron chi connectivity index (χ4n) is 4.94. The molecule has 2 aromatic carbocycles. The maximum atomic E-state index is 13.3. The number of hydrogen-bond acceptors (Lipinski definition) is 8. The van der Waals surface area contributed by atoms with Crippen LogP contribution in [0.1, 0.15) is 71.9 Å². The Balaban J connectivity index is 1.28. The van der Waals surface area contributed by atoms with E-state index < -0.39 is 24.4 Å². The summed E-state index contributed by atoms with van der Waals surface area (Å²) in [5, 5.41) is 12.3. The Labute approximate surface area is 280 Å². The summed E-state index contributed by atoms with van der Waals surface area (Å²) in [5.41, 5.74) is 1.57. The number of esters is 1. The highest BCUT2D eigenvalue weighted by Crippen LogP contribution is 2.20. The number of ether oxygens (including phenoxy) is 3. The van der Waals surface area contributed by atoms with E-state index in [9.17, 15) is 24.3 Å². The smallest absolute Gasteiger partial charge is 0.343 e. The summed E-state index contributed by atoms with van der Waals surface area (Å²) in [7, 11) is 1.51. The second-order valence-corrected chi connectivity index (χ2v) is 11.3. The minimum atomic E-state index is -1.16. The van der Waals surface area contributed by atoms with Crippen LogP contribution in [0, 0.1) is 0 Å². The molecule has 1 unspecified atom stereocenters. The van der Waals surface area contributed by atoms with Crippen LogP contribution in [0.4, 0.5) is 0 Å². The van der Waals surface area contributed by atoms with Gasteiger partial charge < -0.3 is 29.5 Å². The first-order valence-electron chi connectivity index (χ1n) is 16.0. The summed E-state index contributed by atoms with van der Waals surface area (Å²) in [5.74, 6) is -0.981. The van der Waals surface area contributed by atoms with E-state index in [0.717, 1.165) is 12.8 Å². The number of nitrogens with one attached hydrogen (secondary N) is 1. The maximum absolute atomic E-state index is 13.3. The predicted molar refractivity (Wildman–Crippen MR) is 179 cm³/mol. The summed E-state index contributed by atoms with van der Waals surface area (Å²) >= 11 is 0. The molecule has 1 aliphatic carbocycles. The highest BCUT2D eigenvalue weighted by atomic mass is 16.5. The quantitative estimate of drug-likeness (QED) is 0.105. The van der Waals surface area contributed by atoms with Gasteiger partial charge in [-0.25, -0.2) is 9.78 Å². The average Bonchev–Trinajstić information content (AvgIpc) is 3.10. The Morgan fingerprint density at radius 1 is 0.917 bits per heavy atom. The van der Waals surface area contributed by atoms with Crippen molar-refractivity contribution in [1.29, 1.82) is 0 Å². The first-order chi connectivity index (χ1) is 23.2. The van der Waals surface area contributed by atoms with Crippen LogP contribution >= 0.6 is 0 Å². The zero-order valence-corrected chi connectivity index (χ0v) is 27.2. The Hall–Kier alpha value is -5.45. The van der Waals surface area contributed by atoms with E-state index in [1.165, 1.54) is 37.5 Å². The van der Waals surface area contributed by atoms with E-state index in [0.29, 0.717) is 47.0 Å². The van der Waals surface area contributed by atoms with Crippen LogP contribution in [-0.2, 0) is 16.1 Å². The Morgan fingerprint density at radius 3 is 2.25 bits per heavy atom. The van der Waals surface area contributed by atoms with Crippen molar-refractivity contribution in [3.05, 3.63) is 107 Å². The first kappa shape index (κ1) is 35.4. The number of carboxylic acid groups (broad SMARTS) is 1. The van der Waals surface area contributed by atoms with Gasteiger partial charge in [-0.05, 0) is 66.9 Å². The molecule has 11 heteroatoms. The van der Waals surface area contributed by atoms with Gasteiger partial charge in [-0.15, -0.1) is 0 Å². The number of methoxy groups -OCH3 is 1. The van der Waals surface area contributed by atoms with E-state index in [2.05, 4.69) is 17.2 Å². The Kier molecular flexibility index (Phi) is 13.3. The molecule has 0 fully saturated rings. The van der Waals surface area contributed by atoms with Gasteiger partial charge in [0.25, 0.3) is 11.8 Å². The lowest BCUT2D eigenvalue weighted by Gasteiger charge is -2.24. The summed E-state index contributed by atoms with van der Waals surface area (Å²) in [6, 6.07) is 16.2. The molecule has 1 heterocycles. The molecule has 0 spiro atoms. The SMILES string of the molecule is CCCCCCCOc1ccc(C(=O)Oc2ccc(CN(CC(=O)O)C(=O)C3=CCC(NC(=O)c4ccc(OC)cn4)C=C3)cc2)cc1. The van der Waals surface area contributed by atoms with E-state index in [1.54, 1.807) is 78.9 Å². The monoisotopic (exact) mass is 655 g/mol. The molecule has 48 heavy (non-hydrogen) atoms. The number of nitrogens with zero attached hydrogens (tertiary/aromatic N) is 2. The topological polar surface area (TPSA) is 144 Å². The largest absolute Gasteiger partial charge is 0.495 e. The summed E-state index contributed by atoms with van der Waals surface area (Å²) in [4.78, 5) is 55.5. The predicted octanol–water partition coefficient (Wildman–Crippen LogP) is 5.76. The standard InChI is InChI=1S/C37H41N3O8/c1-3-4-5-6-7-22-47-30-18-12-28(13-19-30)37(45)48-31-16-8-26(9-17-31)24-40(25-34(41)42)36(44)27-10-14-29(15-11-27)39-35(43)33-21-20-32(46-2)23-38-33/h8-14,16-21,23,29H,3-7,15,22,24-25H2,1-2H3,(H,39,43)(H,41,42). The van der Waals surface area contributed by atoms with Crippen molar-refractivity contribution in [3.8, 4) is 17.2 Å². The highest BCUT2D eigenvalue weighted by Gasteiger charge is 2.23. The molecule has 0 saturated carbocycles. The van der Waals surface area contributed by atoms with Crippen molar-refractivity contribution in [2.75, 3.05) is 20.3 Å². The Bertz CT molecular complexity index is 1600. The normalized spacial score (nSPS) is 13.6. The molecule has 1 aliphatic rings. The Morgan fingerprint density at radius 2 is 1.62 bits per heavy atom. The molecular formula is C37H41N3O8. The molecule has 2 N–H and O–H groups in total. The number of carboxylic acids is 1. The lowest BCUT2D eigenvalue weighted by atomic mass is 10.0. The summed E-state index contributed by atoms with van der Waals surface area (Å²) in [6.45, 7) is 2.32. The zero-order chi connectivity index (χ0) is 34.3. The third-order valence-corrected chi connectivity index (χ3v) is 7.60. The first-order valence-corrected chi connectivity index (χ1v) is 16.0. The molecule has 252 valence electrons. The van der Waals surface area contributed by atoms with Crippen molar-refractivity contribution >= 4 is 23.8 Å². The van der Waals surface area contributed by atoms with Crippen LogP contribution in [0.15, 0.2) is 90.7 Å². The fourth-order valence-corrected chi connectivity index (χ4v) is 4.94. The van der Waals surface area contributed by atoms with Crippen molar-refractivity contribution in [2.45, 2.75) is 58.0 Å². The van der Waals surface area contributed by atoms with Gasteiger partial charge in [0.1, 0.15) is 29.5 Å². The van der Waals surface area contributed by atoms with Crippen LogP contribution in [0.3, 0.4) is 0 Å². The lowest BCUT2D eigenvalue weighted by molar-refractivity contribution is -0.143. The molecule has 11 nitrogen and oxygen atoms in total. The highest BCUT2D eigenvalue weighted by molar-refractivity contribution is 5.98. The average molecular weight is 656 g/mol. The fraction of sp³-hybridized carbons (Fsp3) is 0.324. The molecule has 3 aromatic rings. The number of amides is 2. The summed E-state index contributed by atoms with van der Waals surface area (Å²) in [6.07, 6.45) is 12.5. The summed E-state index contributed by atoms with van der Waals surface area (Å²) < 4.78 is 16.3. The number of aliphatic carboxylic acids is 1. The van der Waals surface area contributed by atoms with E-state index in [-0.39, 0.29) is 24.2 Å². The second kappa shape index (κ2) is 18.0. The second-order valence-electron chi connectivity index (χ2n) is 11.3. The van der Waals surface area contributed by atoms with Crippen LogP contribution in [0.2, 0.25) is 0 Å². The van der Waals surface area contributed by atoms with Gasteiger partial charge >= 0.3 is 11.9 Å². The van der Waals surface area contributed by atoms with Crippen molar-refractivity contribution in [3.63, 3.8) is 0 Å². The number of carbonyl (C=O) groups is 4. The van der Waals surface area contributed by atoms with Gasteiger partial charge in [0.05, 0.1) is 31.5 Å². The van der Waals surface area contributed by atoms with Crippen LogP contribution in [-0.4, -0.2) is 65.0 Å². The van der Waals surface area contributed by atoms with Crippen molar-refractivity contribution < 1.29 is 38.5 Å². The van der Waals surface area contributed by atoms with Crippen LogP contribution in [0.25, 0.3) is 0 Å². The number of rotatable bonds is 17. The third kappa shape index (κ3) is 10.8. The van der Waals surface area contributed by atoms with Crippen LogP contribution < -0.4 is 19.5 Å². The third-order valence-electron chi connectivity index (χ3n) is 7.60. The molecule has 1 aromatic heterocycles. The number of benzene rings is 2. The van der Waals surface area contributed by atoms with E-state index >= 15 is 0 Å². The van der Waals surface area contributed by atoms with Gasteiger partial charge in [-0.3, -0.25) is 14.4 Å². The molecule has 0 saturated heterocycles. The molecule has 2 amide bonds. The maximum Gasteiger partial charge on any atom is 0.343 e. The van der Waals surface area contributed by atoms with Gasteiger partial charge in [0.15, 0.2) is 0 Å². The van der Waals surface area contributed by atoms with Crippen molar-refractivity contribution in [2.24, 2.45) is 0 Å². The molecule has 4 rings (SSSR count). The number of aromatic nitrogens is 1. The zero-order valence-electron chi connectivity index (χ0n) is 27.2. The van der Waals surface area contributed by atoms with Crippen LogP contribution in [0.5, 0.6) is 17.2 Å². The van der Waals surface area contributed by atoms with Crippen molar-refractivity contribution in [1.82, 2.24) is 15.2 Å². The molecule has 1 atom stereocenters. The lowest BCUT2D eigenvalue weighted by Crippen LogP contribution is -2.38. The molecule has 0 aliphatic heterocycles. The minimum absolute atomic E-state index is 0.0217. The number of hydrogen-bond donors (Lipinski definition) is 2. The van der Waals surface area contributed by atoms with Gasteiger partial charge in [0, 0.05) is 12.1 Å². The molecule has 0 bridgehead atoms. The van der Waals surface area contributed by atoms with Gasteiger partial charge in [0.2, 0.25) is 0 Å². The van der Waals surface area contributed by atoms with E-state index in [1.807, 2.05) is 0 Å². The minimum Gasteiger partial charge on any atom is -0.495 e. The van der Waals surface area contributed by atoms with E-state index in [4.69, 9.17) is 14.2 Å². The van der Waals surface area contributed by atoms with Gasteiger partial charge in [-0.2, -0.15) is 0 Å². The molecular weight excluding hydrogens is 614 g/mol.